The molecule has 0 radical (unpaired) electrons. The first-order valence-corrected chi connectivity index (χ1v) is 17.4. The molecule has 0 spiro atoms. The van der Waals surface area contributed by atoms with E-state index in [1.807, 2.05) is 22.7 Å². The lowest BCUT2D eigenvalue weighted by atomic mass is 9.87. The van der Waals surface area contributed by atoms with Crippen LogP contribution in [0.15, 0.2) is 22.9 Å². The van der Waals surface area contributed by atoms with E-state index in [-0.39, 0.29) is 0 Å². The van der Waals surface area contributed by atoms with Crippen LogP contribution in [0.2, 0.25) is 0 Å². The molecule has 0 N–H and O–H groups in total. The molecule has 2 unspecified atom stereocenters. The maximum absolute atomic E-state index is 2.45. The van der Waals surface area contributed by atoms with Crippen LogP contribution in [-0.2, 0) is 12.8 Å². The van der Waals surface area contributed by atoms with Gasteiger partial charge in [0.2, 0.25) is 0 Å². The van der Waals surface area contributed by atoms with Crippen LogP contribution < -0.4 is 0 Å². The average Bonchev–Trinajstić information content (AvgIpc) is 3.57. The second-order valence-electron chi connectivity index (χ2n) is 11.4. The zero-order valence-corrected chi connectivity index (χ0v) is 25.6. The van der Waals surface area contributed by atoms with Crippen molar-refractivity contribution in [3.8, 4) is 0 Å². The van der Waals surface area contributed by atoms with E-state index in [9.17, 15) is 0 Å². The topological polar surface area (TPSA) is 0 Å². The summed E-state index contributed by atoms with van der Waals surface area (Å²) in [7, 11) is 0. The summed E-state index contributed by atoms with van der Waals surface area (Å²) in [5.41, 5.74) is 3.34. The van der Waals surface area contributed by atoms with Gasteiger partial charge in [0.25, 0.3) is 0 Å². The standard InChI is InChI=1S/C34H54S2/c1-5-9-13-17-27(15-11-7-3)19-21-29-31-23-25-36-34(31)30(32-24-26-35-33(29)32)22-20-28(16-12-8-4)18-14-10-6-2/h23-28H,5-22H2,1-4H3. The van der Waals surface area contributed by atoms with E-state index in [0.29, 0.717) is 0 Å². The fourth-order valence-electron chi connectivity index (χ4n) is 6.22. The molecule has 0 aliphatic rings. The predicted molar refractivity (Wildman–Crippen MR) is 168 cm³/mol. The van der Waals surface area contributed by atoms with Crippen LogP contribution in [0.5, 0.6) is 0 Å². The van der Waals surface area contributed by atoms with Crippen molar-refractivity contribution in [3.05, 3.63) is 34.0 Å². The van der Waals surface area contributed by atoms with Crippen molar-refractivity contribution in [2.75, 3.05) is 0 Å². The number of hydrogen-bond acceptors (Lipinski definition) is 2. The van der Waals surface area contributed by atoms with Gasteiger partial charge >= 0.3 is 0 Å². The van der Waals surface area contributed by atoms with Gasteiger partial charge in [-0.15, -0.1) is 22.7 Å². The number of hydrogen-bond donors (Lipinski definition) is 0. The maximum atomic E-state index is 2.45. The predicted octanol–water partition coefficient (Wildman–Crippen LogP) is 12.8. The van der Waals surface area contributed by atoms with E-state index in [4.69, 9.17) is 0 Å². The number of benzene rings is 1. The third kappa shape index (κ3) is 8.59. The highest BCUT2D eigenvalue weighted by atomic mass is 32.1. The van der Waals surface area contributed by atoms with Crippen LogP contribution in [0.4, 0.5) is 0 Å². The van der Waals surface area contributed by atoms with E-state index in [0.717, 1.165) is 11.8 Å². The van der Waals surface area contributed by atoms with E-state index in [2.05, 4.69) is 50.6 Å². The molecular formula is C34H54S2. The number of rotatable bonds is 20. The summed E-state index contributed by atoms with van der Waals surface area (Å²) in [5, 5.41) is 7.91. The Morgan fingerprint density at radius 1 is 0.500 bits per heavy atom. The van der Waals surface area contributed by atoms with Gasteiger partial charge in [0, 0.05) is 9.40 Å². The van der Waals surface area contributed by atoms with E-state index >= 15 is 0 Å². The summed E-state index contributed by atoms with van der Waals surface area (Å²) >= 11 is 4.01. The van der Waals surface area contributed by atoms with Gasteiger partial charge in [0.15, 0.2) is 0 Å². The van der Waals surface area contributed by atoms with Crippen LogP contribution in [0, 0.1) is 11.8 Å². The highest BCUT2D eigenvalue weighted by Crippen LogP contribution is 2.41. The van der Waals surface area contributed by atoms with Crippen molar-refractivity contribution >= 4 is 42.8 Å². The molecule has 202 valence electrons. The summed E-state index contributed by atoms with van der Waals surface area (Å²) in [5.74, 6) is 1.81. The van der Waals surface area contributed by atoms with Crippen molar-refractivity contribution in [2.45, 2.75) is 143 Å². The third-order valence-corrected chi connectivity index (χ3v) is 10.4. The lowest BCUT2D eigenvalue weighted by Gasteiger charge is -2.19. The highest BCUT2D eigenvalue weighted by molar-refractivity contribution is 7.19. The van der Waals surface area contributed by atoms with Gasteiger partial charge < -0.3 is 0 Å². The Bertz CT molecular complexity index is 851. The first kappa shape index (κ1) is 29.7. The average molecular weight is 527 g/mol. The van der Waals surface area contributed by atoms with Crippen molar-refractivity contribution in [1.82, 2.24) is 0 Å². The van der Waals surface area contributed by atoms with Crippen molar-refractivity contribution < 1.29 is 0 Å². The molecule has 2 heteroatoms. The maximum Gasteiger partial charge on any atom is 0.0384 e. The fourth-order valence-corrected chi connectivity index (χ4v) is 8.24. The minimum Gasteiger partial charge on any atom is -0.143 e. The third-order valence-electron chi connectivity index (χ3n) is 8.50. The number of fused-ring (bicyclic) bond motifs is 2. The van der Waals surface area contributed by atoms with Gasteiger partial charge in [-0.1, -0.05) is 118 Å². The van der Waals surface area contributed by atoms with Crippen LogP contribution in [0.1, 0.15) is 142 Å². The smallest absolute Gasteiger partial charge is 0.0384 e. The van der Waals surface area contributed by atoms with Crippen LogP contribution in [0.3, 0.4) is 0 Å². The summed E-state index contributed by atoms with van der Waals surface area (Å²) in [6.07, 6.45) is 24.8. The molecule has 1 aromatic carbocycles. The zero-order valence-electron chi connectivity index (χ0n) is 24.0. The molecule has 0 saturated carbocycles. The van der Waals surface area contributed by atoms with Gasteiger partial charge in [0.05, 0.1) is 0 Å². The molecule has 0 nitrogen and oxygen atoms in total. The second kappa shape index (κ2) is 16.9. The van der Waals surface area contributed by atoms with Crippen molar-refractivity contribution in [1.29, 1.82) is 0 Å². The van der Waals surface area contributed by atoms with Crippen molar-refractivity contribution in [3.63, 3.8) is 0 Å². The van der Waals surface area contributed by atoms with Gasteiger partial charge in [0.1, 0.15) is 0 Å². The van der Waals surface area contributed by atoms with E-state index < -0.39 is 0 Å². The van der Waals surface area contributed by atoms with Gasteiger partial charge in [-0.3, -0.25) is 0 Å². The monoisotopic (exact) mass is 526 g/mol. The molecule has 0 bridgehead atoms. The summed E-state index contributed by atoms with van der Waals surface area (Å²) < 4.78 is 3.21. The lowest BCUT2D eigenvalue weighted by Crippen LogP contribution is -2.05. The number of aryl methyl sites for hydroxylation is 2. The zero-order chi connectivity index (χ0) is 25.6. The molecule has 2 atom stereocenters. The largest absolute Gasteiger partial charge is 0.143 e. The Morgan fingerprint density at radius 3 is 1.28 bits per heavy atom. The lowest BCUT2D eigenvalue weighted by molar-refractivity contribution is 0.390. The van der Waals surface area contributed by atoms with Crippen LogP contribution in [-0.4, -0.2) is 0 Å². The van der Waals surface area contributed by atoms with Gasteiger partial charge in [-0.2, -0.15) is 0 Å². The highest BCUT2D eigenvalue weighted by Gasteiger charge is 2.19. The Balaban J connectivity index is 1.79. The molecule has 3 rings (SSSR count). The Labute approximate surface area is 231 Å². The SMILES string of the molecule is CCCCCC(CCCC)CCc1c2ccsc2c(CCC(CCCC)CCCCC)c2ccsc12. The molecule has 0 amide bonds. The Kier molecular flexibility index (Phi) is 13.9. The molecule has 0 aliphatic carbocycles. The molecule has 0 fully saturated rings. The molecule has 2 aromatic heterocycles. The van der Waals surface area contributed by atoms with Gasteiger partial charge in [-0.25, -0.2) is 0 Å². The summed E-state index contributed by atoms with van der Waals surface area (Å²) in [4.78, 5) is 0. The minimum atomic E-state index is 0.905. The summed E-state index contributed by atoms with van der Waals surface area (Å²) in [6, 6.07) is 4.90. The molecule has 0 saturated heterocycles. The van der Waals surface area contributed by atoms with Crippen LogP contribution >= 0.6 is 22.7 Å². The quantitative estimate of drug-likeness (QED) is 0.128. The number of unbranched alkanes of at least 4 members (excludes halogenated alkanes) is 6. The molecular weight excluding hydrogens is 473 g/mol. The molecule has 3 aromatic rings. The Morgan fingerprint density at radius 2 is 0.889 bits per heavy atom. The fraction of sp³-hybridized carbons (Fsp3) is 0.706. The van der Waals surface area contributed by atoms with E-state index in [1.165, 1.54) is 116 Å². The number of thiophene rings is 2. The van der Waals surface area contributed by atoms with Crippen molar-refractivity contribution in [2.24, 2.45) is 11.8 Å². The normalized spacial score (nSPS) is 13.7. The Hall–Kier alpha value is -0.860. The second-order valence-corrected chi connectivity index (χ2v) is 13.2. The van der Waals surface area contributed by atoms with Crippen LogP contribution in [0.25, 0.3) is 20.2 Å². The molecule has 0 aliphatic heterocycles. The van der Waals surface area contributed by atoms with Gasteiger partial charge in [-0.05, 0) is 82.3 Å². The molecule has 36 heavy (non-hydrogen) atoms. The summed E-state index contributed by atoms with van der Waals surface area (Å²) in [6.45, 7) is 9.37. The minimum absolute atomic E-state index is 0.905. The first-order chi connectivity index (χ1) is 17.7. The van der Waals surface area contributed by atoms with E-state index in [1.54, 1.807) is 31.3 Å². The first-order valence-electron chi connectivity index (χ1n) is 15.6. The molecule has 2 heterocycles.